The molecule has 2 aromatic heterocycles. The first-order chi connectivity index (χ1) is 14.2. The molecule has 7 nitrogen and oxygen atoms in total. The Morgan fingerprint density at radius 2 is 1.97 bits per heavy atom. The van der Waals surface area contributed by atoms with Gasteiger partial charge in [0.1, 0.15) is 5.65 Å². The first kappa shape index (κ1) is 17.7. The average Bonchev–Trinajstić information content (AvgIpc) is 3.24. The number of amides is 2. The minimum Gasteiger partial charge on any atom is -0.346 e. The number of urea groups is 1. The van der Waals surface area contributed by atoms with Crippen LogP contribution in [0.25, 0.3) is 11.0 Å². The molecule has 2 aliphatic rings. The van der Waals surface area contributed by atoms with E-state index in [1.807, 2.05) is 47.6 Å². The Kier molecular flexibility index (Phi) is 4.41. The number of H-pyrrole nitrogens is 1. The summed E-state index contributed by atoms with van der Waals surface area (Å²) in [6.07, 6.45) is 5.60. The van der Waals surface area contributed by atoms with Crippen LogP contribution < -0.4 is 10.2 Å². The molecule has 2 amide bonds. The fraction of sp³-hybridized carbons (Fsp3) is 0.318. The van der Waals surface area contributed by atoms with Gasteiger partial charge in [0, 0.05) is 55.6 Å². The number of carbonyl (C=O) groups excluding carboxylic acids is 1. The quantitative estimate of drug-likeness (QED) is 0.724. The number of nitrogens with zero attached hydrogens (tertiary/aromatic N) is 4. The standard InChI is InChI=1S/C22H22N6O/c23-11-15-1-3-16(4-2-15)14-27-9-6-18(7-10-27)28-20-17(13-26-22(28)29)12-25-21-19(20)5-8-24-21/h1-5,8,12,18H,6-7,9-10,13-14H2,(H,24,25)(H,26,29). The number of benzene rings is 1. The number of fused-ring (bicyclic) bond motifs is 3. The van der Waals surface area contributed by atoms with Gasteiger partial charge in [0.15, 0.2) is 0 Å². The largest absolute Gasteiger partial charge is 0.346 e. The lowest BCUT2D eigenvalue weighted by Gasteiger charge is -2.41. The van der Waals surface area contributed by atoms with Crippen molar-refractivity contribution in [1.29, 1.82) is 5.26 Å². The van der Waals surface area contributed by atoms with Crippen molar-refractivity contribution < 1.29 is 4.79 Å². The molecule has 146 valence electrons. The molecule has 4 heterocycles. The lowest BCUT2D eigenvalue weighted by molar-refractivity contribution is 0.196. The topological polar surface area (TPSA) is 88.1 Å². The summed E-state index contributed by atoms with van der Waals surface area (Å²) >= 11 is 0. The fourth-order valence-corrected chi connectivity index (χ4v) is 4.43. The highest BCUT2D eigenvalue weighted by Gasteiger charge is 2.34. The van der Waals surface area contributed by atoms with E-state index < -0.39 is 0 Å². The maximum Gasteiger partial charge on any atom is 0.322 e. The third-order valence-corrected chi connectivity index (χ3v) is 5.94. The molecule has 3 aromatic rings. The second kappa shape index (κ2) is 7.22. The highest BCUT2D eigenvalue weighted by Crippen LogP contribution is 2.35. The van der Waals surface area contributed by atoms with Crippen molar-refractivity contribution in [2.24, 2.45) is 0 Å². The number of anilines is 1. The van der Waals surface area contributed by atoms with Crippen molar-refractivity contribution in [3.05, 3.63) is 59.4 Å². The highest BCUT2D eigenvalue weighted by molar-refractivity contribution is 6.04. The minimum atomic E-state index is -0.0169. The normalized spacial score (nSPS) is 17.8. The molecule has 1 saturated heterocycles. The van der Waals surface area contributed by atoms with Crippen LogP contribution in [0.1, 0.15) is 29.5 Å². The molecule has 0 unspecified atom stereocenters. The molecule has 7 heteroatoms. The van der Waals surface area contributed by atoms with Crippen LogP contribution in [0.15, 0.2) is 42.7 Å². The van der Waals surface area contributed by atoms with E-state index in [-0.39, 0.29) is 12.1 Å². The molecular weight excluding hydrogens is 364 g/mol. The second-order valence-electron chi connectivity index (χ2n) is 7.72. The van der Waals surface area contributed by atoms with Gasteiger partial charge in [0.25, 0.3) is 0 Å². The Balaban J connectivity index is 1.33. The Morgan fingerprint density at radius 3 is 2.72 bits per heavy atom. The van der Waals surface area contributed by atoms with E-state index >= 15 is 0 Å². The summed E-state index contributed by atoms with van der Waals surface area (Å²) in [5, 5.41) is 13.0. The zero-order valence-corrected chi connectivity index (χ0v) is 16.1. The van der Waals surface area contributed by atoms with Gasteiger partial charge in [-0.1, -0.05) is 12.1 Å². The molecular formula is C22H22N6O. The first-order valence-corrected chi connectivity index (χ1v) is 9.96. The Morgan fingerprint density at radius 1 is 1.17 bits per heavy atom. The molecule has 5 rings (SSSR count). The maximum absolute atomic E-state index is 12.8. The number of aromatic nitrogens is 2. The van der Waals surface area contributed by atoms with Gasteiger partial charge < -0.3 is 10.3 Å². The monoisotopic (exact) mass is 386 g/mol. The van der Waals surface area contributed by atoms with Gasteiger partial charge in [-0.25, -0.2) is 9.78 Å². The first-order valence-electron chi connectivity index (χ1n) is 9.96. The zero-order valence-electron chi connectivity index (χ0n) is 16.1. The van der Waals surface area contributed by atoms with Gasteiger partial charge in [-0.15, -0.1) is 0 Å². The van der Waals surface area contributed by atoms with Crippen LogP contribution in [0.3, 0.4) is 0 Å². The molecule has 2 N–H and O–H groups in total. The molecule has 0 saturated carbocycles. The van der Waals surface area contributed by atoms with Crippen molar-refractivity contribution in [2.45, 2.75) is 32.0 Å². The number of likely N-dealkylation sites (tertiary alicyclic amines) is 1. The van der Waals surface area contributed by atoms with Crippen LogP contribution in [0, 0.1) is 11.3 Å². The summed E-state index contributed by atoms with van der Waals surface area (Å²) in [5.74, 6) is 0. The Labute approximate surface area is 168 Å². The fourth-order valence-electron chi connectivity index (χ4n) is 4.43. The smallest absolute Gasteiger partial charge is 0.322 e. The van der Waals surface area contributed by atoms with Crippen LogP contribution in [0.5, 0.6) is 0 Å². The maximum atomic E-state index is 12.8. The molecule has 1 aromatic carbocycles. The van der Waals surface area contributed by atoms with Crippen molar-refractivity contribution in [3.63, 3.8) is 0 Å². The number of piperidine rings is 1. The van der Waals surface area contributed by atoms with E-state index in [2.05, 4.69) is 26.3 Å². The SMILES string of the molecule is N#Cc1ccc(CN2CCC(N3C(=O)NCc4cnc5[nH]ccc5c43)CC2)cc1. The van der Waals surface area contributed by atoms with E-state index in [1.54, 1.807) is 0 Å². The number of carbonyl (C=O) groups is 1. The number of nitriles is 1. The molecule has 0 aliphatic carbocycles. The summed E-state index contributed by atoms with van der Waals surface area (Å²) < 4.78 is 0. The van der Waals surface area contributed by atoms with Gasteiger partial charge in [-0.2, -0.15) is 5.26 Å². The van der Waals surface area contributed by atoms with Gasteiger partial charge in [-0.3, -0.25) is 9.80 Å². The Bertz CT molecular complexity index is 1090. The van der Waals surface area contributed by atoms with E-state index in [0.717, 1.165) is 54.8 Å². The molecule has 29 heavy (non-hydrogen) atoms. The third-order valence-electron chi connectivity index (χ3n) is 5.94. The van der Waals surface area contributed by atoms with Crippen LogP contribution in [-0.4, -0.2) is 40.0 Å². The summed E-state index contributed by atoms with van der Waals surface area (Å²) in [6.45, 7) is 3.26. The molecule has 0 atom stereocenters. The summed E-state index contributed by atoms with van der Waals surface area (Å²) in [6, 6.07) is 12.1. The average molecular weight is 386 g/mol. The summed E-state index contributed by atoms with van der Waals surface area (Å²) in [5.41, 5.74) is 4.79. The van der Waals surface area contributed by atoms with Crippen molar-refractivity contribution >= 4 is 22.8 Å². The third kappa shape index (κ3) is 3.22. The van der Waals surface area contributed by atoms with E-state index in [1.165, 1.54) is 5.56 Å². The molecule has 1 fully saturated rings. The number of hydrogen-bond donors (Lipinski definition) is 2. The van der Waals surface area contributed by atoms with Crippen LogP contribution in [-0.2, 0) is 13.1 Å². The predicted molar refractivity (Wildman–Crippen MR) is 110 cm³/mol. The number of hydrogen-bond acceptors (Lipinski definition) is 4. The molecule has 0 spiro atoms. The molecule has 2 aliphatic heterocycles. The van der Waals surface area contributed by atoms with Crippen LogP contribution in [0.4, 0.5) is 10.5 Å². The van der Waals surface area contributed by atoms with Gasteiger partial charge in [-0.05, 0) is 36.6 Å². The van der Waals surface area contributed by atoms with Gasteiger partial charge >= 0.3 is 6.03 Å². The number of pyridine rings is 1. The van der Waals surface area contributed by atoms with Crippen LogP contribution in [0.2, 0.25) is 0 Å². The summed E-state index contributed by atoms with van der Waals surface area (Å²) in [7, 11) is 0. The predicted octanol–water partition coefficient (Wildman–Crippen LogP) is 3.13. The van der Waals surface area contributed by atoms with E-state index in [9.17, 15) is 4.79 Å². The lowest BCUT2D eigenvalue weighted by atomic mass is 9.99. The summed E-state index contributed by atoms with van der Waals surface area (Å²) in [4.78, 5) is 24.8. The van der Waals surface area contributed by atoms with Crippen LogP contribution >= 0.6 is 0 Å². The zero-order chi connectivity index (χ0) is 19.8. The van der Waals surface area contributed by atoms with Crippen molar-refractivity contribution in [1.82, 2.24) is 20.2 Å². The van der Waals surface area contributed by atoms with Crippen molar-refractivity contribution in [3.8, 4) is 6.07 Å². The van der Waals surface area contributed by atoms with Gasteiger partial charge in [0.05, 0.1) is 17.3 Å². The number of aromatic amines is 1. The molecule has 0 radical (unpaired) electrons. The Hall–Kier alpha value is -3.37. The van der Waals surface area contributed by atoms with Gasteiger partial charge in [0.2, 0.25) is 0 Å². The van der Waals surface area contributed by atoms with E-state index in [0.29, 0.717) is 12.1 Å². The lowest BCUT2D eigenvalue weighted by Crippen LogP contribution is -2.53. The minimum absolute atomic E-state index is 0.0169. The van der Waals surface area contributed by atoms with E-state index in [4.69, 9.17) is 5.26 Å². The number of rotatable bonds is 3. The van der Waals surface area contributed by atoms with Crippen molar-refractivity contribution in [2.75, 3.05) is 18.0 Å². The number of nitrogens with one attached hydrogen (secondary N) is 2. The highest BCUT2D eigenvalue weighted by atomic mass is 16.2. The second-order valence-corrected chi connectivity index (χ2v) is 7.72. The molecule has 0 bridgehead atoms.